The van der Waals surface area contributed by atoms with Crippen LogP contribution in [0.3, 0.4) is 0 Å². The van der Waals surface area contributed by atoms with Crippen LogP contribution in [0.15, 0.2) is 24.3 Å². The SMILES string of the molecule is CCCC(C)(O)CNC1CC(c2cccc(C)c2)C1. The van der Waals surface area contributed by atoms with Crippen molar-refractivity contribution in [1.82, 2.24) is 5.32 Å². The fourth-order valence-electron chi connectivity index (χ4n) is 2.97. The second-order valence-electron chi connectivity index (χ2n) is 6.41. The number of nitrogens with one attached hydrogen (secondary N) is 1. The molecule has 0 spiro atoms. The predicted octanol–water partition coefficient (Wildman–Crippen LogP) is 3.38. The lowest BCUT2D eigenvalue weighted by molar-refractivity contribution is 0.0428. The Hall–Kier alpha value is -0.860. The number of aliphatic hydroxyl groups is 1. The van der Waals surface area contributed by atoms with Crippen LogP contribution in [-0.4, -0.2) is 23.3 Å². The van der Waals surface area contributed by atoms with Gasteiger partial charge < -0.3 is 10.4 Å². The van der Waals surface area contributed by atoms with Gasteiger partial charge in [-0.3, -0.25) is 0 Å². The summed E-state index contributed by atoms with van der Waals surface area (Å²) in [5.41, 5.74) is 2.27. The molecule has 1 aliphatic rings. The van der Waals surface area contributed by atoms with Crippen LogP contribution in [0.5, 0.6) is 0 Å². The van der Waals surface area contributed by atoms with Crippen molar-refractivity contribution in [2.24, 2.45) is 0 Å². The monoisotopic (exact) mass is 261 g/mol. The van der Waals surface area contributed by atoms with Gasteiger partial charge in [-0.25, -0.2) is 0 Å². The van der Waals surface area contributed by atoms with Crippen LogP contribution in [0, 0.1) is 6.92 Å². The highest BCUT2D eigenvalue weighted by molar-refractivity contribution is 5.27. The zero-order valence-corrected chi connectivity index (χ0v) is 12.4. The third-order valence-corrected chi connectivity index (χ3v) is 4.21. The molecule has 19 heavy (non-hydrogen) atoms. The van der Waals surface area contributed by atoms with E-state index in [1.807, 2.05) is 6.92 Å². The first kappa shape index (κ1) is 14.5. The Labute approximate surface area is 117 Å². The minimum absolute atomic E-state index is 0.552. The van der Waals surface area contributed by atoms with Gasteiger partial charge in [0.2, 0.25) is 0 Å². The van der Waals surface area contributed by atoms with Gasteiger partial charge in [-0.1, -0.05) is 43.2 Å². The van der Waals surface area contributed by atoms with Gasteiger partial charge in [0.05, 0.1) is 5.60 Å². The van der Waals surface area contributed by atoms with E-state index in [1.165, 1.54) is 24.0 Å². The summed E-state index contributed by atoms with van der Waals surface area (Å²) in [6, 6.07) is 9.42. The number of hydrogen-bond donors (Lipinski definition) is 2. The Balaban J connectivity index is 1.75. The van der Waals surface area contributed by atoms with E-state index < -0.39 is 5.60 Å². The van der Waals surface area contributed by atoms with Crippen molar-refractivity contribution in [3.05, 3.63) is 35.4 Å². The summed E-state index contributed by atoms with van der Waals surface area (Å²) in [4.78, 5) is 0. The van der Waals surface area contributed by atoms with Gasteiger partial charge in [0.25, 0.3) is 0 Å². The topological polar surface area (TPSA) is 32.3 Å². The highest BCUT2D eigenvalue weighted by atomic mass is 16.3. The van der Waals surface area contributed by atoms with E-state index >= 15 is 0 Å². The normalized spacial score (nSPS) is 25.7. The van der Waals surface area contributed by atoms with Crippen LogP contribution in [0.25, 0.3) is 0 Å². The number of rotatable bonds is 6. The van der Waals surface area contributed by atoms with Gasteiger partial charge in [0.15, 0.2) is 0 Å². The van der Waals surface area contributed by atoms with E-state index in [2.05, 4.69) is 43.4 Å². The molecule has 2 nitrogen and oxygen atoms in total. The molecule has 0 aliphatic heterocycles. The fourth-order valence-corrected chi connectivity index (χ4v) is 2.97. The minimum atomic E-state index is -0.552. The maximum absolute atomic E-state index is 10.1. The van der Waals surface area contributed by atoms with Gasteiger partial charge in [-0.05, 0) is 44.6 Å². The molecule has 0 saturated heterocycles. The maximum Gasteiger partial charge on any atom is 0.0743 e. The highest BCUT2D eigenvalue weighted by Gasteiger charge is 2.31. The molecule has 1 aliphatic carbocycles. The predicted molar refractivity (Wildman–Crippen MR) is 80.5 cm³/mol. The Bertz CT molecular complexity index is 407. The van der Waals surface area contributed by atoms with Crippen molar-refractivity contribution < 1.29 is 5.11 Å². The van der Waals surface area contributed by atoms with Crippen molar-refractivity contribution in [2.75, 3.05) is 6.54 Å². The molecule has 0 radical (unpaired) electrons. The minimum Gasteiger partial charge on any atom is -0.389 e. The summed E-state index contributed by atoms with van der Waals surface area (Å²) in [5.74, 6) is 0.702. The lowest BCUT2D eigenvalue weighted by Crippen LogP contribution is -2.47. The Morgan fingerprint density at radius 2 is 2.11 bits per heavy atom. The van der Waals surface area contributed by atoms with Gasteiger partial charge in [-0.15, -0.1) is 0 Å². The van der Waals surface area contributed by atoms with Gasteiger partial charge >= 0.3 is 0 Å². The lowest BCUT2D eigenvalue weighted by Gasteiger charge is -2.38. The summed E-state index contributed by atoms with van der Waals surface area (Å²) in [5, 5.41) is 13.6. The molecule has 1 saturated carbocycles. The molecule has 0 heterocycles. The van der Waals surface area contributed by atoms with Crippen LogP contribution < -0.4 is 5.32 Å². The van der Waals surface area contributed by atoms with Crippen LogP contribution in [0.4, 0.5) is 0 Å². The Morgan fingerprint density at radius 3 is 2.74 bits per heavy atom. The third kappa shape index (κ3) is 4.05. The third-order valence-electron chi connectivity index (χ3n) is 4.21. The summed E-state index contributed by atoms with van der Waals surface area (Å²) in [7, 11) is 0. The first-order chi connectivity index (χ1) is 9.00. The molecule has 1 aromatic rings. The van der Waals surface area contributed by atoms with E-state index in [1.54, 1.807) is 0 Å². The Morgan fingerprint density at radius 1 is 1.37 bits per heavy atom. The molecule has 0 aromatic heterocycles. The molecule has 2 N–H and O–H groups in total. The lowest BCUT2D eigenvalue weighted by atomic mass is 9.75. The maximum atomic E-state index is 10.1. The van der Waals surface area contributed by atoms with Crippen molar-refractivity contribution >= 4 is 0 Å². The number of hydrogen-bond acceptors (Lipinski definition) is 2. The summed E-state index contributed by atoms with van der Waals surface area (Å²) >= 11 is 0. The second kappa shape index (κ2) is 6.06. The zero-order valence-electron chi connectivity index (χ0n) is 12.4. The summed E-state index contributed by atoms with van der Waals surface area (Å²) in [6.07, 6.45) is 4.30. The Kier molecular flexibility index (Phi) is 4.64. The van der Waals surface area contributed by atoms with E-state index in [-0.39, 0.29) is 0 Å². The first-order valence-corrected chi connectivity index (χ1v) is 7.52. The quantitative estimate of drug-likeness (QED) is 0.823. The standard InChI is InChI=1S/C17H27NO/c1-4-8-17(3,19)12-18-16-10-15(11-16)14-7-5-6-13(2)9-14/h5-7,9,15-16,18-19H,4,8,10-12H2,1-3H3. The van der Waals surface area contributed by atoms with E-state index in [0.29, 0.717) is 18.5 Å². The van der Waals surface area contributed by atoms with E-state index in [4.69, 9.17) is 0 Å². The van der Waals surface area contributed by atoms with Crippen LogP contribution in [0.2, 0.25) is 0 Å². The highest BCUT2D eigenvalue weighted by Crippen LogP contribution is 2.37. The average Bonchev–Trinajstić information content (AvgIpc) is 2.26. The molecule has 0 amide bonds. The van der Waals surface area contributed by atoms with Gasteiger partial charge in [0, 0.05) is 12.6 Å². The van der Waals surface area contributed by atoms with Crippen molar-refractivity contribution in [1.29, 1.82) is 0 Å². The van der Waals surface area contributed by atoms with Crippen LogP contribution in [0.1, 0.15) is 56.6 Å². The molecule has 106 valence electrons. The molecular formula is C17H27NO. The largest absolute Gasteiger partial charge is 0.389 e. The molecule has 1 aromatic carbocycles. The second-order valence-corrected chi connectivity index (χ2v) is 6.41. The van der Waals surface area contributed by atoms with E-state index in [9.17, 15) is 5.11 Å². The first-order valence-electron chi connectivity index (χ1n) is 7.52. The summed E-state index contributed by atoms with van der Waals surface area (Å²) in [6.45, 7) is 6.91. The molecule has 2 rings (SSSR count). The van der Waals surface area contributed by atoms with Crippen molar-refractivity contribution in [3.8, 4) is 0 Å². The van der Waals surface area contributed by atoms with Crippen LogP contribution in [-0.2, 0) is 0 Å². The molecule has 1 atom stereocenters. The van der Waals surface area contributed by atoms with Crippen LogP contribution >= 0.6 is 0 Å². The fraction of sp³-hybridized carbons (Fsp3) is 0.647. The summed E-state index contributed by atoms with van der Waals surface area (Å²) < 4.78 is 0. The molecule has 0 bridgehead atoms. The number of aryl methyl sites for hydroxylation is 1. The zero-order chi connectivity index (χ0) is 13.9. The van der Waals surface area contributed by atoms with Crippen molar-refractivity contribution in [3.63, 3.8) is 0 Å². The molecule has 1 fully saturated rings. The molecular weight excluding hydrogens is 234 g/mol. The smallest absolute Gasteiger partial charge is 0.0743 e. The molecule has 1 unspecified atom stereocenters. The van der Waals surface area contributed by atoms with Gasteiger partial charge in [-0.2, -0.15) is 0 Å². The van der Waals surface area contributed by atoms with E-state index in [0.717, 1.165) is 12.8 Å². The van der Waals surface area contributed by atoms with Gasteiger partial charge in [0.1, 0.15) is 0 Å². The average molecular weight is 261 g/mol. The number of benzene rings is 1. The van der Waals surface area contributed by atoms with Crippen molar-refractivity contribution in [2.45, 2.75) is 64.0 Å². The molecule has 2 heteroatoms.